The van der Waals surface area contributed by atoms with E-state index in [0.29, 0.717) is 55.4 Å². The van der Waals surface area contributed by atoms with E-state index in [1.165, 1.54) is 12.1 Å². The zero-order valence-corrected chi connectivity index (χ0v) is 23.0. The van der Waals surface area contributed by atoms with Crippen LogP contribution < -0.4 is 20.1 Å². The SMILES string of the molecule is O=C1CCc2c(Oc3ccc4c(c3)C3C(NC(=O)c5ccc(CN6CCCC(O)C6)c(C(F)(F)F)c5)C3O4)ccnc2N1. The molecule has 3 aromatic rings. The smallest absolute Gasteiger partial charge is 0.416 e. The fourth-order valence-electron chi connectivity index (χ4n) is 6.33. The quantitative estimate of drug-likeness (QED) is 0.388. The average Bonchev–Trinajstić information content (AvgIpc) is 3.48. The van der Waals surface area contributed by atoms with E-state index in [4.69, 9.17) is 9.47 Å². The summed E-state index contributed by atoms with van der Waals surface area (Å²) < 4.78 is 54.1. The number of aromatic nitrogens is 1. The summed E-state index contributed by atoms with van der Waals surface area (Å²) in [7, 11) is 0. The largest absolute Gasteiger partial charge is 0.487 e. The zero-order valence-electron chi connectivity index (χ0n) is 23.0. The predicted octanol–water partition coefficient (Wildman–Crippen LogP) is 4.39. The fraction of sp³-hybridized carbons (Fsp3) is 0.387. The number of alkyl halides is 3. The molecule has 4 aliphatic rings. The van der Waals surface area contributed by atoms with Crippen molar-refractivity contribution < 1.29 is 37.3 Å². The van der Waals surface area contributed by atoms with Crippen LogP contribution in [0.1, 0.15) is 57.8 Å². The van der Waals surface area contributed by atoms with Crippen LogP contribution in [0.2, 0.25) is 0 Å². The van der Waals surface area contributed by atoms with Gasteiger partial charge < -0.3 is 25.2 Å². The number of hydrogen-bond donors (Lipinski definition) is 3. The minimum absolute atomic E-state index is 0.0482. The molecule has 4 atom stereocenters. The van der Waals surface area contributed by atoms with Crippen molar-refractivity contribution in [3.05, 3.63) is 76.5 Å². The normalized spacial score (nSPS) is 24.2. The van der Waals surface area contributed by atoms with Crippen LogP contribution in [0, 0.1) is 0 Å². The number of aliphatic hydroxyl groups excluding tert-OH is 1. The van der Waals surface area contributed by atoms with Crippen molar-refractivity contribution in [3.63, 3.8) is 0 Å². The number of nitrogens with zero attached hydrogens (tertiary/aromatic N) is 2. The summed E-state index contributed by atoms with van der Waals surface area (Å²) in [4.78, 5) is 30.8. The van der Waals surface area contributed by atoms with E-state index in [0.717, 1.165) is 23.6 Å². The summed E-state index contributed by atoms with van der Waals surface area (Å²) in [6.07, 6.45) is -1.72. The van der Waals surface area contributed by atoms with Crippen molar-refractivity contribution in [2.45, 2.75) is 62.6 Å². The second-order valence-corrected chi connectivity index (χ2v) is 11.5. The first-order valence-corrected chi connectivity index (χ1v) is 14.3. The van der Waals surface area contributed by atoms with Crippen LogP contribution in [0.5, 0.6) is 17.2 Å². The number of aliphatic hydroxyl groups is 1. The first-order valence-electron chi connectivity index (χ1n) is 14.3. The minimum Gasteiger partial charge on any atom is -0.487 e. The molecular weight excluding hydrogens is 565 g/mol. The molecule has 224 valence electrons. The molecule has 0 spiro atoms. The summed E-state index contributed by atoms with van der Waals surface area (Å²) in [5, 5.41) is 15.5. The first kappa shape index (κ1) is 27.7. The molecule has 2 fully saturated rings. The highest BCUT2D eigenvalue weighted by Gasteiger charge is 2.59. The van der Waals surface area contributed by atoms with Crippen LogP contribution in [0.15, 0.2) is 48.7 Å². The number of β-amino-alcohol motifs (C(OH)–C–C–N with tert-alkyl or cyclic N) is 1. The third kappa shape index (κ3) is 5.40. The van der Waals surface area contributed by atoms with E-state index < -0.39 is 23.8 Å². The van der Waals surface area contributed by atoms with Gasteiger partial charge in [0.15, 0.2) is 0 Å². The van der Waals surface area contributed by atoms with E-state index >= 15 is 0 Å². The van der Waals surface area contributed by atoms with Gasteiger partial charge in [-0.1, -0.05) is 6.07 Å². The van der Waals surface area contributed by atoms with Crippen molar-refractivity contribution >= 4 is 17.6 Å². The summed E-state index contributed by atoms with van der Waals surface area (Å²) in [6, 6.07) is 10.4. The molecule has 1 saturated carbocycles. The van der Waals surface area contributed by atoms with Crippen molar-refractivity contribution in [3.8, 4) is 17.2 Å². The Balaban J connectivity index is 1.05. The van der Waals surface area contributed by atoms with Gasteiger partial charge in [0.1, 0.15) is 29.2 Å². The van der Waals surface area contributed by atoms with Crippen molar-refractivity contribution in [2.24, 2.45) is 0 Å². The van der Waals surface area contributed by atoms with Gasteiger partial charge in [-0.05, 0) is 67.8 Å². The lowest BCUT2D eigenvalue weighted by molar-refractivity contribution is -0.138. The van der Waals surface area contributed by atoms with Gasteiger partial charge >= 0.3 is 6.18 Å². The lowest BCUT2D eigenvalue weighted by Crippen LogP contribution is -2.38. The maximum atomic E-state index is 14.0. The molecule has 2 aromatic carbocycles. The monoisotopic (exact) mass is 594 g/mol. The molecule has 1 aliphatic carbocycles. The Labute approximate surface area is 245 Å². The standard InChI is InChI=1S/C31H29F3N4O5/c32-31(33,34)22-12-16(3-4-17(22)14-38-11-1-2-18(39)15-38)30(41)37-27-26-21-13-19(5-7-23(21)43-28(26)27)42-24-9-10-35-29-20(24)6-8-25(40)36-29/h3-5,7,9-10,12-13,18,26-28,39H,1-2,6,8,11,14-15H2,(H,37,41)(H,35,36,40). The molecule has 2 amide bonds. The zero-order chi connectivity index (χ0) is 29.9. The number of hydrogen-bond acceptors (Lipinski definition) is 7. The van der Waals surface area contributed by atoms with Crippen molar-refractivity contribution in [1.29, 1.82) is 0 Å². The molecule has 12 heteroatoms. The highest BCUT2D eigenvalue weighted by molar-refractivity contribution is 5.95. The number of carbonyl (C=O) groups excluding carboxylic acids is 2. The number of amides is 2. The van der Waals surface area contributed by atoms with Crippen molar-refractivity contribution in [2.75, 3.05) is 18.4 Å². The summed E-state index contributed by atoms with van der Waals surface area (Å²) in [5.41, 5.74) is 0.804. The number of carbonyl (C=O) groups is 2. The van der Waals surface area contributed by atoms with Gasteiger partial charge in [-0.25, -0.2) is 4.98 Å². The first-order chi connectivity index (χ1) is 20.6. The van der Waals surface area contributed by atoms with Crippen LogP contribution in [0.3, 0.4) is 0 Å². The van der Waals surface area contributed by atoms with Crippen LogP contribution in [-0.2, 0) is 23.9 Å². The second-order valence-electron chi connectivity index (χ2n) is 11.5. The summed E-state index contributed by atoms with van der Waals surface area (Å²) in [6.45, 7) is 0.978. The fourth-order valence-corrected chi connectivity index (χ4v) is 6.33. The molecule has 43 heavy (non-hydrogen) atoms. The molecule has 1 aromatic heterocycles. The lowest BCUT2D eigenvalue weighted by Gasteiger charge is -2.30. The third-order valence-electron chi connectivity index (χ3n) is 8.51. The summed E-state index contributed by atoms with van der Waals surface area (Å²) >= 11 is 0. The van der Waals surface area contributed by atoms with Crippen LogP contribution in [-0.4, -0.2) is 58.1 Å². The Morgan fingerprint density at radius 2 is 2.05 bits per heavy atom. The predicted molar refractivity (Wildman–Crippen MR) is 148 cm³/mol. The molecule has 3 N–H and O–H groups in total. The highest BCUT2D eigenvalue weighted by atomic mass is 19.4. The number of fused-ring (bicyclic) bond motifs is 4. The third-order valence-corrected chi connectivity index (χ3v) is 8.51. The molecule has 1 saturated heterocycles. The van der Waals surface area contributed by atoms with E-state index in [9.17, 15) is 27.9 Å². The molecule has 0 radical (unpaired) electrons. The number of benzene rings is 2. The Morgan fingerprint density at radius 1 is 1.19 bits per heavy atom. The molecule has 4 unspecified atom stereocenters. The van der Waals surface area contributed by atoms with Crippen molar-refractivity contribution in [1.82, 2.24) is 15.2 Å². The molecule has 7 rings (SSSR count). The number of halogens is 3. The average molecular weight is 595 g/mol. The Hall–Kier alpha value is -4.16. The number of nitrogens with one attached hydrogen (secondary N) is 2. The number of rotatable bonds is 6. The van der Waals surface area contributed by atoms with E-state index in [2.05, 4.69) is 15.6 Å². The van der Waals surface area contributed by atoms with E-state index in [-0.39, 0.29) is 41.6 Å². The Bertz CT molecular complexity index is 1610. The number of piperidine rings is 1. The van der Waals surface area contributed by atoms with Gasteiger partial charge in [0.2, 0.25) is 5.91 Å². The van der Waals surface area contributed by atoms with E-state index in [1.54, 1.807) is 29.3 Å². The molecule has 0 bridgehead atoms. The van der Waals surface area contributed by atoms with E-state index in [1.807, 2.05) is 6.07 Å². The minimum atomic E-state index is -4.63. The number of ether oxygens (including phenoxy) is 2. The number of likely N-dealkylation sites (tertiary alicyclic amines) is 1. The van der Waals surface area contributed by atoms with Crippen LogP contribution in [0.4, 0.5) is 19.0 Å². The molecule has 9 nitrogen and oxygen atoms in total. The van der Waals surface area contributed by atoms with Gasteiger partial charge in [-0.2, -0.15) is 13.2 Å². The Kier molecular flexibility index (Phi) is 6.77. The Morgan fingerprint density at radius 3 is 2.86 bits per heavy atom. The van der Waals surface area contributed by atoms with Gasteiger partial charge in [0, 0.05) is 42.4 Å². The number of pyridine rings is 1. The summed E-state index contributed by atoms with van der Waals surface area (Å²) in [5.74, 6) is 1.44. The van der Waals surface area contributed by atoms with Crippen LogP contribution >= 0.6 is 0 Å². The maximum Gasteiger partial charge on any atom is 0.416 e. The van der Waals surface area contributed by atoms with Crippen LogP contribution in [0.25, 0.3) is 0 Å². The second kappa shape index (κ2) is 10.5. The highest BCUT2D eigenvalue weighted by Crippen LogP contribution is 2.54. The van der Waals surface area contributed by atoms with Gasteiger partial charge in [0.25, 0.3) is 5.91 Å². The topological polar surface area (TPSA) is 113 Å². The number of anilines is 1. The van der Waals surface area contributed by atoms with Gasteiger partial charge in [-0.15, -0.1) is 0 Å². The maximum absolute atomic E-state index is 14.0. The molecule has 4 heterocycles. The molecule has 3 aliphatic heterocycles. The molecular formula is C31H29F3N4O5. The lowest BCUT2D eigenvalue weighted by atomic mass is 10.0. The van der Waals surface area contributed by atoms with Gasteiger partial charge in [-0.3, -0.25) is 14.5 Å². The van der Waals surface area contributed by atoms with Gasteiger partial charge in [0.05, 0.1) is 23.6 Å².